The molecule has 0 unspecified atom stereocenters. The normalized spacial score (nSPS) is 14.2. The maximum absolute atomic E-state index is 12.1. The molecule has 3 rings (SSSR count). The zero-order valence-corrected chi connectivity index (χ0v) is 12.4. The van der Waals surface area contributed by atoms with Gasteiger partial charge in [0.25, 0.3) is 5.56 Å². The summed E-state index contributed by atoms with van der Waals surface area (Å²) in [7, 11) is 0. The van der Waals surface area contributed by atoms with Gasteiger partial charge in [-0.15, -0.1) is 0 Å². The molecule has 0 atom stereocenters. The second-order valence-corrected chi connectivity index (χ2v) is 5.92. The number of rotatable bonds is 1. The van der Waals surface area contributed by atoms with E-state index >= 15 is 0 Å². The molecule has 19 heavy (non-hydrogen) atoms. The summed E-state index contributed by atoms with van der Waals surface area (Å²) < 4.78 is 1.04. The van der Waals surface area contributed by atoms with E-state index in [1.807, 2.05) is 25.1 Å². The molecular weight excluding hydrogens is 304 g/mol. The molecular formula is C15H15BrN2O. The highest BCUT2D eigenvalue weighted by atomic mass is 79.9. The number of benzene rings is 1. The highest BCUT2D eigenvalue weighted by Crippen LogP contribution is 2.24. The van der Waals surface area contributed by atoms with Crippen LogP contribution in [0.25, 0.3) is 11.4 Å². The number of nitrogens with zero attached hydrogens (tertiary/aromatic N) is 1. The van der Waals surface area contributed by atoms with Crippen LogP contribution in [0.15, 0.2) is 27.5 Å². The second kappa shape index (κ2) is 4.93. The van der Waals surface area contributed by atoms with Crippen LogP contribution in [-0.2, 0) is 12.8 Å². The van der Waals surface area contributed by atoms with Crippen LogP contribution >= 0.6 is 15.9 Å². The first-order valence-corrected chi connectivity index (χ1v) is 7.33. The van der Waals surface area contributed by atoms with Gasteiger partial charge in [0.05, 0.1) is 5.69 Å². The van der Waals surface area contributed by atoms with Crippen LogP contribution in [0.2, 0.25) is 0 Å². The molecule has 0 radical (unpaired) electrons. The van der Waals surface area contributed by atoms with Gasteiger partial charge in [-0.05, 0) is 56.4 Å². The third-order valence-electron chi connectivity index (χ3n) is 3.64. The smallest absolute Gasteiger partial charge is 0.254 e. The molecule has 0 fully saturated rings. The summed E-state index contributed by atoms with van der Waals surface area (Å²) in [5.41, 5.74) is 3.99. The molecule has 0 bridgehead atoms. The van der Waals surface area contributed by atoms with Gasteiger partial charge in [0.2, 0.25) is 0 Å². The van der Waals surface area contributed by atoms with Crippen LogP contribution < -0.4 is 5.56 Å². The first-order chi connectivity index (χ1) is 9.15. The van der Waals surface area contributed by atoms with Gasteiger partial charge in [0.1, 0.15) is 5.82 Å². The molecule has 0 aliphatic heterocycles. The predicted octanol–water partition coefficient (Wildman–Crippen LogP) is 3.39. The Balaban J connectivity index is 2.15. The molecule has 1 aliphatic carbocycles. The first kappa shape index (κ1) is 12.6. The predicted molar refractivity (Wildman–Crippen MR) is 79.4 cm³/mol. The van der Waals surface area contributed by atoms with E-state index < -0.39 is 0 Å². The van der Waals surface area contributed by atoms with Crippen molar-refractivity contribution in [3.8, 4) is 11.4 Å². The Morgan fingerprint density at radius 2 is 2.05 bits per heavy atom. The first-order valence-electron chi connectivity index (χ1n) is 6.54. The van der Waals surface area contributed by atoms with Crippen LogP contribution in [0.5, 0.6) is 0 Å². The van der Waals surface area contributed by atoms with Crippen LogP contribution in [-0.4, -0.2) is 9.97 Å². The molecule has 1 aromatic heterocycles. The lowest BCUT2D eigenvalue weighted by molar-refractivity contribution is 0.657. The standard InChI is InChI=1S/C15H15BrN2O/c1-9-8-10(16)6-7-11(9)14-17-13-5-3-2-4-12(13)15(19)18-14/h6-8H,2-5H2,1H3,(H,17,18,19). The van der Waals surface area contributed by atoms with Crippen molar-refractivity contribution < 1.29 is 0 Å². The van der Waals surface area contributed by atoms with Crippen molar-refractivity contribution in [2.75, 3.05) is 0 Å². The van der Waals surface area contributed by atoms with Gasteiger partial charge in [-0.2, -0.15) is 0 Å². The average molecular weight is 319 g/mol. The SMILES string of the molecule is Cc1cc(Br)ccc1-c1nc2c(c(=O)[nH]1)CCCC2. The van der Waals surface area contributed by atoms with Crippen LogP contribution in [0.4, 0.5) is 0 Å². The van der Waals surface area contributed by atoms with Gasteiger partial charge in [0.15, 0.2) is 0 Å². The van der Waals surface area contributed by atoms with Crippen molar-refractivity contribution in [2.24, 2.45) is 0 Å². The van der Waals surface area contributed by atoms with E-state index in [0.29, 0.717) is 5.82 Å². The fourth-order valence-corrected chi connectivity index (χ4v) is 3.10. The van der Waals surface area contributed by atoms with Crippen molar-refractivity contribution in [2.45, 2.75) is 32.6 Å². The zero-order chi connectivity index (χ0) is 13.4. The minimum atomic E-state index is 0.0296. The van der Waals surface area contributed by atoms with E-state index in [9.17, 15) is 4.79 Å². The maximum Gasteiger partial charge on any atom is 0.254 e. The molecule has 2 aromatic rings. The minimum Gasteiger partial charge on any atom is -0.306 e. The molecule has 3 nitrogen and oxygen atoms in total. The summed E-state index contributed by atoms with van der Waals surface area (Å²) in [6.45, 7) is 2.03. The third kappa shape index (κ3) is 2.37. The fourth-order valence-electron chi connectivity index (χ4n) is 2.62. The van der Waals surface area contributed by atoms with E-state index in [0.717, 1.165) is 52.5 Å². The highest BCUT2D eigenvalue weighted by molar-refractivity contribution is 9.10. The number of aryl methyl sites for hydroxylation is 2. The lowest BCUT2D eigenvalue weighted by Gasteiger charge is -2.15. The Morgan fingerprint density at radius 1 is 1.26 bits per heavy atom. The third-order valence-corrected chi connectivity index (χ3v) is 4.13. The number of hydrogen-bond donors (Lipinski definition) is 1. The lowest BCUT2D eigenvalue weighted by atomic mass is 9.97. The summed E-state index contributed by atoms with van der Waals surface area (Å²) >= 11 is 3.45. The molecule has 1 N–H and O–H groups in total. The molecule has 98 valence electrons. The van der Waals surface area contributed by atoms with Gasteiger partial charge in [0, 0.05) is 15.6 Å². The Bertz CT molecular complexity index is 691. The number of hydrogen-bond acceptors (Lipinski definition) is 2. The molecule has 0 saturated carbocycles. The van der Waals surface area contributed by atoms with Crippen LogP contribution in [0.1, 0.15) is 29.7 Å². The van der Waals surface area contributed by atoms with Crippen LogP contribution in [0, 0.1) is 6.92 Å². The van der Waals surface area contributed by atoms with Crippen molar-refractivity contribution in [3.63, 3.8) is 0 Å². The van der Waals surface area contributed by atoms with Gasteiger partial charge < -0.3 is 4.98 Å². The molecule has 1 heterocycles. The number of aromatic amines is 1. The number of halogens is 1. The topological polar surface area (TPSA) is 45.8 Å². The van der Waals surface area contributed by atoms with Crippen molar-refractivity contribution in [1.82, 2.24) is 9.97 Å². The van der Waals surface area contributed by atoms with Gasteiger partial charge >= 0.3 is 0 Å². The van der Waals surface area contributed by atoms with Crippen molar-refractivity contribution in [3.05, 3.63) is 49.8 Å². The number of aromatic nitrogens is 2. The summed E-state index contributed by atoms with van der Waals surface area (Å²) in [5, 5.41) is 0. The van der Waals surface area contributed by atoms with Crippen LogP contribution in [0.3, 0.4) is 0 Å². The Morgan fingerprint density at radius 3 is 2.84 bits per heavy atom. The average Bonchev–Trinajstić information content (AvgIpc) is 2.38. The Hall–Kier alpha value is -1.42. The summed E-state index contributed by atoms with van der Waals surface area (Å²) in [6.07, 6.45) is 4.00. The van der Waals surface area contributed by atoms with Gasteiger partial charge in [-0.25, -0.2) is 4.98 Å². The fraction of sp³-hybridized carbons (Fsp3) is 0.333. The number of fused-ring (bicyclic) bond motifs is 1. The van der Waals surface area contributed by atoms with E-state index in [4.69, 9.17) is 0 Å². The lowest BCUT2D eigenvalue weighted by Crippen LogP contribution is -2.21. The maximum atomic E-state index is 12.1. The van der Waals surface area contributed by atoms with Crippen molar-refractivity contribution >= 4 is 15.9 Å². The zero-order valence-electron chi connectivity index (χ0n) is 10.8. The highest BCUT2D eigenvalue weighted by Gasteiger charge is 2.16. The molecule has 1 aliphatic rings. The van der Waals surface area contributed by atoms with E-state index in [1.54, 1.807) is 0 Å². The Kier molecular flexibility index (Phi) is 3.27. The number of H-pyrrole nitrogens is 1. The molecule has 0 amide bonds. The largest absolute Gasteiger partial charge is 0.306 e. The van der Waals surface area contributed by atoms with Gasteiger partial charge in [-0.1, -0.05) is 15.9 Å². The van der Waals surface area contributed by atoms with Crippen molar-refractivity contribution in [1.29, 1.82) is 0 Å². The monoisotopic (exact) mass is 318 g/mol. The molecule has 0 spiro atoms. The van der Waals surface area contributed by atoms with E-state index in [1.165, 1.54) is 0 Å². The van der Waals surface area contributed by atoms with Gasteiger partial charge in [-0.3, -0.25) is 4.79 Å². The molecule has 0 saturated heterocycles. The second-order valence-electron chi connectivity index (χ2n) is 5.01. The molecule has 1 aromatic carbocycles. The number of nitrogens with one attached hydrogen (secondary N) is 1. The summed E-state index contributed by atoms with van der Waals surface area (Å²) in [6, 6.07) is 6.00. The summed E-state index contributed by atoms with van der Waals surface area (Å²) in [5.74, 6) is 0.690. The summed E-state index contributed by atoms with van der Waals surface area (Å²) in [4.78, 5) is 19.7. The van der Waals surface area contributed by atoms with E-state index in [2.05, 4.69) is 25.9 Å². The van der Waals surface area contributed by atoms with E-state index in [-0.39, 0.29) is 5.56 Å². The quantitative estimate of drug-likeness (QED) is 0.876. The molecule has 4 heteroatoms. The Labute approximate surface area is 120 Å². The minimum absolute atomic E-state index is 0.0296.